The van der Waals surface area contributed by atoms with Crippen LogP contribution in [0.4, 0.5) is 11.4 Å². The van der Waals surface area contributed by atoms with Gasteiger partial charge in [-0.25, -0.2) is 0 Å². The molecule has 0 saturated heterocycles. The van der Waals surface area contributed by atoms with Crippen molar-refractivity contribution in [2.75, 3.05) is 10.6 Å². The van der Waals surface area contributed by atoms with Crippen molar-refractivity contribution in [3.8, 4) is 0 Å². The van der Waals surface area contributed by atoms with Gasteiger partial charge in [-0.05, 0) is 55.2 Å². The topological polar surface area (TPSA) is 58.2 Å². The molecule has 1 saturated carbocycles. The number of benzene rings is 2. The first kappa shape index (κ1) is 17.8. The van der Waals surface area contributed by atoms with E-state index in [1.807, 2.05) is 19.1 Å². The fourth-order valence-electron chi connectivity index (χ4n) is 2.48. The van der Waals surface area contributed by atoms with Gasteiger partial charge in [-0.1, -0.05) is 35.3 Å². The Morgan fingerprint density at radius 1 is 1.08 bits per heavy atom. The predicted octanol–water partition coefficient (Wildman–Crippen LogP) is 4.83. The van der Waals surface area contributed by atoms with Crippen molar-refractivity contribution in [3.05, 3.63) is 57.6 Å². The van der Waals surface area contributed by atoms with Crippen LogP contribution >= 0.6 is 23.2 Å². The van der Waals surface area contributed by atoms with Gasteiger partial charge < -0.3 is 10.6 Å². The molecule has 1 aliphatic rings. The van der Waals surface area contributed by atoms with Crippen LogP contribution in [0.1, 0.15) is 24.0 Å². The molecule has 0 spiro atoms. The maximum absolute atomic E-state index is 12.4. The maximum atomic E-state index is 12.4. The van der Waals surface area contributed by atoms with Gasteiger partial charge in [0.15, 0.2) is 0 Å². The summed E-state index contributed by atoms with van der Waals surface area (Å²) in [4.78, 5) is 24.3. The van der Waals surface area contributed by atoms with E-state index in [4.69, 9.17) is 23.2 Å². The molecular weight excluding hydrogens is 359 g/mol. The number of halogens is 2. The molecule has 0 unspecified atom stereocenters. The summed E-state index contributed by atoms with van der Waals surface area (Å²) in [5.41, 5.74) is 2.83. The second kappa shape index (κ2) is 7.46. The molecule has 1 aliphatic carbocycles. The SMILES string of the molecule is Cc1ccc(NC(=O)C2CC2)cc1NC(=O)Cc1c(Cl)cccc1Cl. The second-order valence-corrected chi connectivity index (χ2v) is 7.03. The molecule has 0 bridgehead atoms. The highest BCUT2D eigenvalue weighted by atomic mass is 35.5. The monoisotopic (exact) mass is 376 g/mol. The maximum Gasteiger partial charge on any atom is 0.228 e. The van der Waals surface area contributed by atoms with E-state index in [-0.39, 0.29) is 24.2 Å². The minimum atomic E-state index is -0.219. The number of hydrogen-bond donors (Lipinski definition) is 2. The van der Waals surface area contributed by atoms with Crippen molar-refractivity contribution in [1.29, 1.82) is 0 Å². The molecule has 2 N–H and O–H groups in total. The molecule has 25 heavy (non-hydrogen) atoms. The molecule has 1 fully saturated rings. The van der Waals surface area contributed by atoms with Crippen molar-refractivity contribution in [1.82, 2.24) is 0 Å². The number of hydrogen-bond acceptors (Lipinski definition) is 2. The molecule has 6 heteroatoms. The molecule has 130 valence electrons. The number of carbonyl (C=O) groups is 2. The van der Waals surface area contributed by atoms with Crippen LogP contribution in [0, 0.1) is 12.8 Å². The van der Waals surface area contributed by atoms with E-state index < -0.39 is 0 Å². The first-order chi connectivity index (χ1) is 11.9. The van der Waals surface area contributed by atoms with Crippen molar-refractivity contribution in [2.24, 2.45) is 5.92 Å². The van der Waals surface area contributed by atoms with E-state index in [9.17, 15) is 9.59 Å². The van der Waals surface area contributed by atoms with E-state index >= 15 is 0 Å². The fraction of sp³-hybridized carbons (Fsp3) is 0.263. The van der Waals surface area contributed by atoms with Crippen LogP contribution in [0.3, 0.4) is 0 Å². The third kappa shape index (κ3) is 4.53. The average Bonchev–Trinajstić information content (AvgIpc) is 3.39. The Kier molecular flexibility index (Phi) is 5.30. The van der Waals surface area contributed by atoms with Crippen molar-refractivity contribution in [3.63, 3.8) is 0 Å². The van der Waals surface area contributed by atoms with E-state index in [0.29, 0.717) is 27.0 Å². The lowest BCUT2D eigenvalue weighted by molar-refractivity contribution is -0.117. The van der Waals surface area contributed by atoms with E-state index in [0.717, 1.165) is 18.4 Å². The Labute approximate surface area is 156 Å². The summed E-state index contributed by atoms with van der Waals surface area (Å²) in [6.45, 7) is 1.89. The molecule has 3 rings (SSSR count). The minimum Gasteiger partial charge on any atom is -0.326 e. The van der Waals surface area contributed by atoms with Crippen molar-refractivity contribution < 1.29 is 9.59 Å². The van der Waals surface area contributed by atoms with Gasteiger partial charge in [0.2, 0.25) is 11.8 Å². The molecule has 0 heterocycles. The molecular formula is C19H18Cl2N2O2. The average molecular weight is 377 g/mol. The van der Waals surface area contributed by atoms with Gasteiger partial charge in [-0.2, -0.15) is 0 Å². The first-order valence-electron chi connectivity index (χ1n) is 8.08. The minimum absolute atomic E-state index is 0.0315. The van der Waals surface area contributed by atoms with E-state index in [1.54, 1.807) is 24.3 Å². The summed E-state index contributed by atoms with van der Waals surface area (Å²) in [6.07, 6.45) is 1.97. The molecule has 0 atom stereocenters. The van der Waals surface area contributed by atoms with Crippen molar-refractivity contribution >= 4 is 46.4 Å². The van der Waals surface area contributed by atoms with Crippen LogP contribution in [-0.2, 0) is 16.0 Å². The zero-order valence-corrected chi connectivity index (χ0v) is 15.2. The van der Waals surface area contributed by atoms with Crippen molar-refractivity contribution in [2.45, 2.75) is 26.2 Å². The van der Waals surface area contributed by atoms with Gasteiger partial charge in [-0.3, -0.25) is 9.59 Å². The first-order valence-corrected chi connectivity index (χ1v) is 8.84. The van der Waals surface area contributed by atoms with Crippen LogP contribution in [0.2, 0.25) is 10.0 Å². The van der Waals surface area contributed by atoms with E-state index in [2.05, 4.69) is 10.6 Å². The second-order valence-electron chi connectivity index (χ2n) is 6.22. The Morgan fingerprint density at radius 3 is 2.40 bits per heavy atom. The Balaban J connectivity index is 1.70. The summed E-state index contributed by atoms with van der Waals surface area (Å²) in [6, 6.07) is 10.6. The quantitative estimate of drug-likeness (QED) is 0.784. The number of nitrogens with one attached hydrogen (secondary N) is 2. The van der Waals surface area contributed by atoms with Gasteiger partial charge in [-0.15, -0.1) is 0 Å². The van der Waals surface area contributed by atoms with Gasteiger partial charge in [0.1, 0.15) is 0 Å². The fourth-order valence-corrected chi connectivity index (χ4v) is 3.01. The third-order valence-electron chi connectivity index (χ3n) is 4.13. The highest BCUT2D eigenvalue weighted by Crippen LogP contribution is 2.31. The number of rotatable bonds is 5. The normalized spacial score (nSPS) is 13.4. The van der Waals surface area contributed by atoms with Crippen LogP contribution < -0.4 is 10.6 Å². The summed E-state index contributed by atoms with van der Waals surface area (Å²) in [5.74, 6) is -0.0607. The van der Waals surface area contributed by atoms with E-state index in [1.165, 1.54) is 0 Å². The lowest BCUT2D eigenvalue weighted by Gasteiger charge is -2.12. The Morgan fingerprint density at radius 2 is 1.76 bits per heavy atom. The zero-order valence-electron chi connectivity index (χ0n) is 13.7. The van der Waals surface area contributed by atoms with Gasteiger partial charge in [0.05, 0.1) is 6.42 Å². The number of carbonyl (C=O) groups excluding carboxylic acids is 2. The molecule has 2 aromatic carbocycles. The predicted molar refractivity (Wildman–Crippen MR) is 101 cm³/mol. The van der Waals surface area contributed by atoms with Crippen LogP contribution in [0.5, 0.6) is 0 Å². The van der Waals surface area contributed by atoms with Crippen LogP contribution in [-0.4, -0.2) is 11.8 Å². The molecule has 0 aliphatic heterocycles. The van der Waals surface area contributed by atoms with Gasteiger partial charge >= 0.3 is 0 Å². The largest absolute Gasteiger partial charge is 0.326 e. The lowest BCUT2D eigenvalue weighted by atomic mass is 10.1. The summed E-state index contributed by atoms with van der Waals surface area (Å²) in [7, 11) is 0. The summed E-state index contributed by atoms with van der Waals surface area (Å²) < 4.78 is 0. The summed E-state index contributed by atoms with van der Waals surface area (Å²) in [5, 5.41) is 6.67. The molecule has 0 aromatic heterocycles. The number of anilines is 2. The highest BCUT2D eigenvalue weighted by Gasteiger charge is 2.29. The number of aryl methyl sites for hydroxylation is 1. The Hall–Kier alpha value is -2.04. The summed E-state index contributed by atoms with van der Waals surface area (Å²) >= 11 is 12.2. The standard InChI is InChI=1S/C19H18Cl2N2O2/c1-11-5-8-13(22-19(25)12-6-7-12)9-17(11)23-18(24)10-14-15(20)3-2-4-16(14)21/h2-5,8-9,12H,6-7,10H2,1H3,(H,22,25)(H,23,24). The molecule has 0 radical (unpaired) electrons. The van der Waals surface area contributed by atoms with Gasteiger partial charge in [0, 0.05) is 27.3 Å². The third-order valence-corrected chi connectivity index (χ3v) is 4.83. The van der Waals surface area contributed by atoms with Gasteiger partial charge in [0.25, 0.3) is 0 Å². The van der Waals surface area contributed by atoms with Crippen LogP contribution in [0.15, 0.2) is 36.4 Å². The number of amides is 2. The zero-order chi connectivity index (χ0) is 18.0. The lowest BCUT2D eigenvalue weighted by Crippen LogP contribution is -2.17. The molecule has 2 aromatic rings. The Bertz CT molecular complexity index is 812. The molecule has 2 amide bonds. The highest BCUT2D eigenvalue weighted by molar-refractivity contribution is 6.36. The van der Waals surface area contributed by atoms with Crippen LogP contribution in [0.25, 0.3) is 0 Å². The smallest absolute Gasteiger partial charge is 0.228 e. The molecule has 4 nitrogen and oxygen atoms in total.